The zero-order valence-corrected chi connectivity index (χ0v) is 15.2. The molecular weight excluding hydrogens is 330 g/mol. The van der Waals surface area contributed by atoms with Crippen molar-refractivity contribution in [3.8, 4) is 11.1 Å². The summed E-state index contributed by atoms with van der Waals surface area (Å²) in [5, 5.41) is 12.6. The highest BCUT2D eigenvalue weighted by molar-refractivity contribution is 7.15. The molecule has 4 nitrogen and oxygen atoms in total. The minimum atomic E-state index is -0.162. The molecule has 5 heteroatoms. The Labute approximate surface area is 151 Å². The summed E-state index contributed by atoms with van der Waals surface area (Å²) in [7, 11) is 0. The first-order chi connectivity index (χ1) is 12.2. The lowest BCUT2D eigenvalue weighted by molar-refractivity contribution is 0.102. The van der Waals surface area contributed by atoms with E-state index in [0.717, 1.165) is 29.0 Å². The summed E-state index contributed by atoms with van der Waals surface area (Å²) in [6.45, 7) is 4.29. The fourth-order valence-electron chi connectivity index (χ4n) is 2.65. The van der Waals surface area contributed by atoms with E-state index >= 15 is 0 Å². The van der Waals surface area contributed by atoms with Gasteiger partial charge in [0, 0.05) is 11.5 Å². The molecule has 3 aromatic rings. The third-order valence-electron chi connectivity index (χ3n) is 4.06. The van der Waals surface area contributed by atoms with Gasteiger partial charge in [0.05, 0.1) is 0 Å². The van der Waals surface area contributed by atoms with Gasteiger partial charge in [-0.3, -0.25) is 10.1 Å². The Bertz CT molecular complexity index is 828. The van der Waals surface area contributed by atoms with Crippen LogP contribution in [0.5, 0.6) is 0 Å². The normalized spacial score (nSPS) is 11.9. The highest BCUT2D eigenvalue weighted by Gasteiger charge is 2.14. The molecular formula is C20H21N3OS. The molecule has 1 N–H and O–H groups in total. The first-order valence-corrected chi connectivity index (χ1v) is 9.29. The molecule has 3 rings (SSSR count). The summed E-state index contributed by atoms with van der Waals surface area (Å²) in [6, 6.07) is 17.7. The molecule has 0 fully saturated rings. The van der Waals surface area contributed by atoms with Crippen LogP contribution in [0.25, 0.3) is 11.1 Å². The van der Waals surface area contributed by atoms with Crippen LogP contribution < -0.4 is 5.32 Å². The van der Waals surface area contributed by atoms with Crippen molar-refractivity contribution in [2.24, 2.45) is 0 Å². The van der Waals surface area contributed by atoms with E-state index in [-0.39, 0.29) is 5.91 Å². The molecule has 2 aromatic carbocycles. The van der Waals surface area contributed by atoms with Crippen LogP contribution in [-0.4, -0.2) is 16.1 Å². The molecule has 0 aliphatic rings. The van der Waals surface area contributed by atoms with Gasteiger partial charge in [-0.1, -0.05) is 74.1 Å². The Morgan fingerprint density at radius 1 is 1.04 bits per heavy atom. The van der Waals surface area contributed by atoms with Crippen molar-refractivity contribution >= 4 is 22.4 Å². The molecule has 1 amide bonds. The molecule has 1 heterocycles. The number of nitrogens with one attached hydrogen (secondary N) is 1. The Balaban J connectivity index is 1.67. The van der Waals surface area contributed by atoms with E-state index in [1.807, 2.05) is 42.5 Å². The van der Waals surface area contributed by atoms with Crippen LogP contribution in [0.4, 0.5) is 5.13 Å². The molecule has 0 spiro atoms. The number of aromatic nitrogens is 2. The number of anilines is 1. The average Bonchev–Trinajstić information content (AvgIpc) is 3.11. The predicted octanol–water partition coefficient (Wildman–Crippen LogP) is 5.36. The molecule has 128 valence electrons. The van der Waals surface area contributed by atoms with Crippen LogP contribution in [0.3, 0.4) is 0 Å². The van der Waals surface area contributed by atoms with Crippen molar-refractivity contribution in [1.82, 2.24) is 10.2 Å². The number of carbonyl (C=O) groups is 1. The monoisotopic (exact) mass is 351 g/mol. The minimum Gasteiger partial charge on any atom is -0.296 e. The largest absolute Gasteiger partial charge is 0.296 e. The van der Waals surface area contributed by atoms with Gasteiger partial charge < -0.3 is 0 Å². The summed E-state index contributed by atoms with van der Waals surface area (Å²) in [6.07, 6.45) is 2.18. The molecule has 0 bridgehead atoms. The molecule has 1 aromatic heterocycles. The Morgan fingerprint density at radius 3 is 2.40 bits per heavy atom. The molecule has 0 unspecified atom stereocenters. The van der Waals surface area contributed by atoms with Gasteiger partial charge in [-0.2, -0.15) is 0 Å². The van der Waals surface area contributed by atoms with E-state index in [9.17, 15) is 4.79 Å². The van der Waals surface area contributed by atoms with E-state index in [4.69, 9.17) is 0 Å². The fraction of sp³-hybridized carbons (Fsp3) is 0.250. The zero-order valence-electron chi connectivity index (χ0n) is 14.4. The maximum absolute atomic E-state index is 12.4. The Morgan fingerprint density at radius 2 is 1.72 bits per heavy atom. The van der Waals surface area contributed by atoms with Crippen molar-refractivity contribution in [3.63, 3.8) is 0 Å². The molecule has 0 aliphatic carbocycles. The number of nitrogens with zero attached hydrogens (tertiary/aromatic N) is 2. The number of carbonyl (C=O) groups excluding carboxylic acids is 1. The molecule has 0 aliphatic heterocycles. The highest BCUT2D eigenvalue weighted by Crippen LogP contribution is 2.26. The summed E-state index contributed by atoms with van der Waals surface area (Å²) < 4.78 is 0. The van der Waals surface area contributed by atoms with Crippen molar-refractivity contribution < 1.29 is 4.79 Å². The maximum Gasteiger partial charge on any atom is 0.257 e. The van der Waals surface area contributed by atoms with Gasteiger partial charge in [0.2, 0.25) is 5.13 Å². The molecule has 0 saturated heterocycles. The summed E-state index contributed by atoms with van der Waals surface area (Å²) in [5.41, 5.74) is 2.83. The van der Waals surface area contributed by atoms with E-state index in [0.29, 0.717) is 16.6 Å². The molecule has 25 heavy (non-hydrogen) atoms. The minimum absolute atomic E-state index is 0.162. The maximum atomic E-state index is 12.4. The van der Waals surface area contributed by atoms with Gasteiger partial charge in [-0.05, 0) is 29.7 Å². The van der Waals surface area contributed by atoms with Crippen LogP contribution >= 0.6 is 11.3 Å². The van der Waals surface area contributed by atoms with Crippen LogP contribution in [-0.2, 0) is 0 Å². The number of rotatable bonds is 6. The second-order valence-corrected chi connectivity index (χ2v) is 7.04. The third kappa shape index (κ3) is 4.31. The smallest absolute Gasteiger partial charge is 0.257 e. The average molecular weight is 351 g/mol. The SMILES string of the molecule is CCC[C@@H](C)c1nnc(NC(=O)c2ccc(-c3ccccc3)cc2)s1. The highest BCUT2D eigenvalue weighted by atomic mass is 32.1. The summed E-state index contributed by atoms with van der Waals surface area (Å²) in [4.78, 5) is 12.4. The zero-order chi connectivity index (χ0) is 17.6. The predicted molar refractivity (Wildman–Crippen MR) is 103 cm³/mol. The number of amides is 1. The second-order valence-electron chi connectivity index (χ2n) is 6.03. The first-order valence-electron chi connectivity index (χ1n) is 8.47. The van der Waals surface area contributed by atoms with Crippen LogP contribution in [0.1, 0.15) is 48.0 Å². The first kappa shape index (κ1) is 17.3. The lowest BCUT2D eigenvalue weighted by atomic mass is 10.0. The van der Waals surface area contributed by atoms with Crippen molar-refractivity contribution in [2.75, 3.05) is 5.32 Å². The van der Waals surface area contributed by atoms with Gasteiger partial charge in [0.25, 0.3) is 5.91 Å². The van der Waals surface area contributed by atoms with Crippen LogP contribution in [0.15, 0.2) is 54.6 Å². The van der Waals surface area contributed by atoms with Gasteiger partial charge in [-0.25, -0.2) is 0 Å². The van der Waals surface area contributed by atoms with Gasteiger partial charge >= 0.3 is 0 Å². The number of hydrogen-bond acceptors (Lipinski definition) is 4. The lowest BCUT2D eigenvalue weighted by Crippen LogP contribution is -2.11. The second kappa shape index (κ2) is 8.03. The van der Waals surface area contributed by atoms with Gasteiger partial charge in [0.15, 0.2) is 0 Å². The Hall–Kier alpha value is -2.53. The van der Waals surface area contributed by atoms with E-state index in [1.165, 1.54) is 11.3 Å². The van der Waals surface area contributed by atoms with Crippen molar-refractivity contribution in [3.05, 3.63) is 65.2 Å². The third-order valence-corrected chi connectivity index (χ3v) is 5.13. The summed E-state index contributed by atoms with van der Waals surface area (Å²) >= 11 is 1.45. The van der Waals surface area contributed by atoms with Gasteiger partial charge in [0.1, 0.15) is 5.01 Å². The lowest BCUT2D eigenvalue weighted by Gasteiger charge is -2.05. The molecule has 0 saturated carbocycles. The number of hydrogen-bond donors (Lipinski definition) is 1. The number of benzene rings is 2. The summed E-state index contributed by atoms with van der Waals surface area (Å²) in [5.74, 6) is 0.212. The van der Waals surface area contributed by atoms with Gasteiger partial charge in [-0.15, -0.1) is 10.2 Å². The van der Waals surface area contributed by atoms with Crippen LogP contribution in [0, 0.1) is 0 Å². The molecule has 1 atom stereocenters. The van der Waals surface area contributed by atoms with Crippen LogP contribution in [0.2, 0.25) is 0 Å². The Kier molecular flexibility index (Phi) is 5.56. The van der Waals surface area contributed by atoms with Crippen molar-refractivity contribution in [1.29, 1.82) is 0 Å². The standard InChI is InChI=1S/C20H21N3OS/c1-3-7-14(2)19-22-23-20(25-19)21-18(24)17-12-10-16(11-13-17)15-8-5-4-6-9-15/h4-6,8-14H,3,7H2,1-2H3,(H,21,23,24)/t14-/m1/s1. The topological polar surface area (TPSA) is 54.9 Å². The van der Waals surface area contributed by atoms with E-state index < -0.39 is 0 Å². The van der Waals surface area contributed by atoms with E-state index in [2.05, 4.69) is 41.5 Å². The van der Waals surface area contributed by atoms with Crippen molar-refractivity contribution in [2.45, 2.75) is 32.6 Å². The fourth-order valence-corrected chi connectivity index (χ4v) is 3.48. The quantitative estimate of drug-likeness (QED) is 0.650. The van der Waals surface area contributed by atoms with E-state index in [1.54, 1.807) is 0 Å². The molecule has 0 radical (unpaired) electrons.